The molecule has 1 aromatic heterocycles. The number of nitrogens with one attached hydrogen (secondary N) is 1. The highest BCUT2D eigenvalue weighted by Crippen LogP contribution is 2.15. The van der Waals surface area contributed by atoms with E-state index in [1.54, 1.807) is 4.90 Å². The van der Waals surface area contributed by atoms with Crippen LogP contribution in [0.15, 0.2) is 23.9 Å². The third-order valence-electron chi connectivity index (χ3n) is 3.72. The van der Waals surface area contributed by atoms with E-state index in [0.717, 1.165) is 32.6 Å². The molecule has 6 nitrogen and oxygen atoms in total. The Morgan fingerprint density at radius 3 is 2.78 bits per heavy atom. The van der Waals surface area contributed by atoms with Crippen molar-refractivity contribution >= 4 is 6.09 Å². The quantitative estimate of drug-likeness (QED) is 0.847. The molecular formula is C17H28N4O2. The van der Waals surface area contributed by atoms with Gasteiger partial charge in [0.2, 0.25) is 0 Å². The first-order valence-corrected chi connectivity index (χ1v) is 8.26. The van der Waals surface area contributed by atoms with Gasteiger partial charge in [-0.05, 0) is 40.2 Å². The lowest BCUT2D eigenvalue weighted by atomic mass is 10.1. The largest absolute Gasteiger partial charge is 0.444 e. The molecule has 2 rings (SSSR count). The Morgan fingerprint density at radius 2 is 2.17 bits per heavy atom. The molecule has 0 atom stereocenters. The van der Waals surface area contributed by atoms with E-state index in [4.69, 9.17) is 4.74 Å². The second kappa shape index (κ2) is 7.64. The summed E-state index contributed by atoms with van der Waals surface area (Å²) in [5, 5.41) is 7.71. The molecule has 1 aromatic rings. The molecule has 0 saturated carbocycles. The molecular weight excluding hydrogens is 292 g/mol. The highest BCUT2D eigenvalue weighted by atomic mass is 16.6. The Bertz CT molecular complexity index is 557. The van der Waals surface area contributed by atoms with Crippen molar-refractivity contribution in [2.45, 2.75) is 52.8 Å². The third kappa shape index (κ3) is 5.39. The van der Waals surface area contributed by atoms with E-state index in [9.17, 15) is 4.79 Å². The summed E-state index contributed by atoms with van der Waals surface area (Å²) in [6.07, 6.45) is 4.61. The standard InChI is InChI=1S/C17H28N4O2/c1-5-21-15(6-9-19-21)13-18-12-14-7-10-20(11-8-14)16(22)23-17(2,3)4/h6-7,9,18H,5,8,10-13H2,1-4H3. The maximum absolute atomic E-state index is 12.0. The van der Waals surface area contributed by atoms with Crippen LogP contribution in [-0.2, 0) is 17.8 Å². The van der Waals surface area contributed by atoms with Crippen molar-refractivity contribution in [3.05, 3.63) is 29.6 Å². The molecule has 1 aliphatic rings. The number of hydrogen-bond acceptors (Lipinski definition) is 4. The van der Waals surface area contributed by atoms with E-state index in [2.05, 4.69) is 23.4 Å². The SMILES string of the molecule is CCn1nccc1CNCC1=CCN(C(=O)OC(C)(C)C)CC1. The normalized spacial score (nSPS) is 15.5. The average molecular weight is 320 g/mol. The fourth-order valence-electron chi connectivity index (χ4n) is 2.51. The lowest BCUT2D eigenvalue weighted by Crippen LogP contribution is -2.39. The van der Waals surface area contributed by atoms with Crippen molar-refractivity contribution in [1.82, 2.24) is 20.0 Å². The molecule has 23 heavy (non-hydrogen) atoms. The van der Waals surface area contributed by atoms with Gasteiger partial charge >= 0.3 is 6.09 Å². The molecule has 1 aliphatic heterocycles. The zero-order valence-electron chi connectivity index (χ0n) is 14.6. The maximum atomic E-state index is 12.0. The molecule has 1 N–H and O–H groups in total. The maximum Gasteiger partial charge on any atom is 0.410 e. The van der Waals surface area contributed by atoms with Crippen LogP contribution in [0.4, 0.5) is 4.79 Å². The van der Waals surface area contributed by atoms with Gasteiger partial charge in [0.15, 0.2) is 0 Å². The second-order valence-corrected chi connectivity index (χ2v) is 6.78. The van der Waals surface area contributed by atoms with Gasteiger partial charge in [0.1, 0.15) is 5.60 Å². The second-order valence-electron chi connectivity index (χ2n) is 6.78. The van der Waals surface area contributed by atoms with Gasteiger partial charge in [-0.25, -0.2) is 4.79 Å². The minimum absolute atomic E-state index is 0.229. The molecule has 0 fully saturated rings. The van der Waals surface area contributed by atoms with E-state index in [-0.39, 0.29) is 6.09 Å². The van der Waals surface area contributed by atoms with Crippen molar-refractivity contribution in [3.63, 3.8) is 0 Å². The van der Waals surface area contributed by atoms with E-state index >= 15 is 0 Å². The Morgan fingerprint density at radius 1 is 1.39 bits per heavy atom. The van der Waals surface area contributed by atoms with Crippen molar-refractivity contribution < 1.29 is 9.53 Å². The number of amides is 1. The fraction of sp³-hybridized carbons (Fsp3) is 0.647. The van der Waals surface area contributed by atoms with E-state index in [0.29, 0.717) is 6.54 Å². The van der Waals surface area contributed by atoms with Gasteiger partial charge in [-0.15, -0.1) is 0 Å². The zero-order valence-corrected chi connectivity index (χ0v) is 14.6. The summed E-state index contributed by atoms with van der Waals surface area (Å²) in [5.74, 6) is 0. The summed E-state index contributed by atoms with van der Waals surface area (Å²) in [5.41, 5.74) is 2.09. The summed E-state index contributed by atoms with van der Waals surface area (Å²) in [6.45, 7) is 11.6. The van der Waals surface area contributed by atoms with Crippen LogP contribution in [0.25, 0.3) is 0 Å². The molecule has 0 spiro atoms. The highest BCUT2D eigenvalue weighted by Gasteiger charge is 2.23. The fourth-order valence-corrected chi connectivity index (χ4v) is 2.51. The lowest BCUT2D eigenvalue weighted by molar-refractivity contribution is 0.0265. The summed E-state index contributed by atoms with van der Waals surface area (Å²) in [4.78, 5) is 13.8. The molecule has 128 valence electrons. The Balaban J connectivity index is 1.75. The molecule has 0 saturated heterocycles. The molecule has 0 aliphatic carbocycles. The van der Waals surface area contributed by atoms with Crippen molar-refractivity contribution in [3.8, 4) is 0 Å². The van der Waals surface area contributed by atoms with Gasteiger partial charge in [0, 0.05) is 38.9 Å². The van der Waals surface area contributed by atoms with Crippen LogP contribution in [0, 0.1) is 0 Å². The minimum atomic E-state index is -0.440. The van der Waals surface area contributed by atoms with Gasteiger partial charge in [-0.3, -0.25) is 4.68 Å². The number of carbonyl (C=O) groups is 1. The van der Waals surface area contributed by atoms with Crippen LogP contribution >= 0.6 is 0 Å². The van der Waals surface area contributed by atoms with Gasteiger partial charge in [-0.1, -0.05) is 11.6 Å². The molecule has 0 bridgehead atoms. The van der Waals surface area contributed by atoms with Crippen LogP contribution in [0.2, 0.25) is 0 Å². The Hall–Kier alpha value is -1.82. The van der Waals surface area contributed by atoms with Gasteiger partial charge in [-0.2, -0.15) is 5.10 Å². The molecule has 0 radical (unpaired) electrons. The molecule has 6 heteroatoms. The number of nitrogens with zero attached hydrogens (tertiary/aromatic N) is 3. The van der Waals surface area contributed by atoms with E-state index in [1.165, 1.54) is 11.3 Å². The number of rotatable bonds is 5. The molecule has 0 aromatic carbocycles. The minimum Gasteiger partial charge on any atom is -0.444 e. The summed E-state index contributed by atoms with van der Waals surface area (Å²) in [6, 6.07) is 2.04. The summed E-state index contributed by atoms with van der Waals surface area (Å²) < 4.78 is 7.39. The predicted octanol–water partition coefficient (Wildman–Crippen LogP) is 2.56. The number of ether oxygens (including phenoxy) is 1. The number of aryl methyl sites for hydroxylation is 1. The van der Waals surface area contributed by atoms with E-state index < -0.39 is 5.60 Å². The highest BCUT2D eigenvalue weighted by molar-refractivity contribution is 5.68. The van der Waals surface area contributed by atoms with Crippen LogP contribution < -0.4 is 5.32 Å². The van der Waals surface area contributed by atoms with Crippen LogP contribution in [0.5, 0.6) is 0 Å². The molecule has 0 unspecified atom stereocenters. The van der Waals surface area contributed by atoms with Crippen LogP contribution in [0.3, 0.4) is 0 Å². The van der Waals surface area contributed by atoms with Crippen molar-refractivity contribution in [1.29, 1.82) is 0 Å². The zero-order chi connectivity index (χ0) is 16.9. The number of aromatic nitrogens is 2. The van der Waals surface area contributed by atoms with Crippen LogP contribution in [-0.4, -0.2) is 46.0 Å². The monoisotopic (exact) mass is 320 g/mol. The number of hydrogen-bond donors (Lipinski definition) is 1. The topological polar surface area (TPSA) is 59.4 Å². The Kier molecular flexibility index (Phi) is 5.82. The summed E-state index contributed by atoms with van der Waals surface area (Å²) in [7, 11) is 0. The molecule has 2 heterocycles. The number of carbonyl (C=O) groups excluding carboxylic acids is 1. The lowest BCUT2D eigenvalue weighted by Gasteiger charge is -2.29. The first kappa shape index (κ1) is 17.5. The van der Waals surface area contributed by atoms with Gasteiger partial charge < -0.3 is 15.0 Å². The molecule has 1 amide bonds. The average Bonchev–Trinajstić information content (AvgIpc) is 2.93. The van der Waals surface area contributed by atoms with E-state index in [1.807, 2.05) is 37.7 Å². The first-order valence-electron chi connectivity index (χ1n) is 8.26. The smallest absolute Gasteiger partial charge is 0.410 e. The van der Waals surface area contributed by atoms with Crippen LogP contribution in [0.1, 0.15) is 39.8 Å². The predicted molar refractivity (Wildman–Crippen MR) is 90.1 cm³/mol. The summed E-state index contributed by atoms with van der Waals surface area (Å²) >= 11 is 0. The Labute approximate surface area is 138 Å². The van der Waals surface area contributed by atoms with Crippen molar-refractivity contribution in [2.75, 3.05) is 19.6 Å². The van der Waals surface area contributed by atoms with Gasteiger partial charge in [0.05, 0.1) is 5.69 Å². The van der Waals surface area contributed by atoms with Crippen molar-refractivity contribution in [2.24, 2.45) is 0 Å². The third-order valence-corrected chi connectivity index (χ3v) is 3.72. The van der Waals surface area contributed by atoms with Gasteiger partial charge in [0.25, 0.3) is 0 Å². The first-order chi connectivity index (χ1) is 10.9.